The number of rotatable bonds is 6. The third kappa shape index (κ3) is 5.01. The van der Waals surface area contributed by atoms with Crippen LogP contribution < -0.4 is 5.32 Å². The van der Waals surface area contributed by atoms with Gasteiger partial charge in [0.05, 0.1) is 17.9 Å². The SMILES string of the molecule is CC(c1ccc(CC(=O)Nc2ccc(C(C)(C)C#N)cc2)cc1)S(=O)[O-]. The first kappa shape index (κ1) is 19.8. The fourth-order valence-corrected chi connectivity index (χ4v) is 2.82. The van der Waals surface area contributed by atoms with Gasteiger partial charge < -0.3 is 9.87 Å². The molecule has 26 heavy (non-hydrogen) atoms. The summed E-state index contributed by atoms with van der Waals surface area (Å²) in [4.78, 5) is 12.2. The number of nitrogens with one attached hydrogen (secondary N) is 1. The number of hydrogen-bond donors (Lipinski definition) is 1. The van der Waals surface area contributed by atoms with E-state index in [1.165, 1.54) is 0 Å². The van der Waals surface area contributed by atoms with Crippen molar-refractivity contribution in [3.8, 4) is 6.07 Å². The first-order chi connectivity index (χ1) is 12.2. The first-order valence-corrected chi connectivity index (χ1v) is 9.35. The van der Waals surface area contributed by atoms with Crippen molar-refractivity contribution in [2.24, 2.45) is 0 Å². The summed E-state index contributed by atoms with van der Waals surface area (Å²) >= 11 is -2.16. The molecular formula is C20H21N2O3S-. The summed E-state index contributed by atoms with van der Waals surface area (Å²) in [6, 6.07) is 16.4. The van der Waals surface area contributed by atoms with Gasteiger partial charge >= 0.3 is 0 Å². The molecule has 0 aliphatic rings. The van der Waals surface area contributed by atoms with Crippen molar-refractivity contribution in [3.63, 3.8) is 0 Å². The average Bonchev–Trinajstić information content (AvgIpc) is 2.62. The number of anilines is 1. The maximum absolute atomic E-state index is 12.2. The molecule has 1 amide bonds. The van der Waals surface area contributed by atoms with Gasteiger partial charge in [-0.05, 0) is 60.7 Å². The molecule has 0 aliphatic heterocycles. The van der Waals surface area contributed by atoms with E-state index in [2.05, 4.69) is 11.4 Å². The number of amides is 1. The molecule has 0 heterocycles. The Morgan fingerprint density at radius 2 is 1.77 bits per heavy atom. The van der Waals surface area contributed by atoms with Crippen molar-refractivity contribution in [1.82, 2.24) is 0 Å². The summed E-state index contributed by atoms with van der Waals surface area (Å²) in [5.41, 5.74) is 2.48. The molecule has 5 nitrogen and oxygen atoms in total. The minimum absolute atomic E-state index is 0.162. The monoisotopic (exact) mass is 369 g/mol. The molecule has 0 aliphatic carbocycles. The molecule has 136 valence electrons. The zero-order valence-electron chi connectivity index (χ0n) is 15.0. The third-order valence-electron chi connectivity index (χ3n) is 4.27. The van der Waals surface area contributed by atoms with Gasteiger partial charge in [-0.25, -0.2) is 0 Å². The molecule has 2 atom stereocenters. The Morgan fingerprint density at radius 3 is 2.27 bits per heavy atom. The van der Waals surface area contributed by atoms with Crippen LogP contribution in [0.15, 0.2) is 48.5 Å². The zero-order valence-corrected chi connectivity index (χ0v) is 15.8. The highest BCUT2D eigenvalue weighted by molar-refractivity contribution is 7.79. The van der Waals surface area contributed by atoms with E-state index in [0.29, 0.717) is 11.3 Å². The summed E-state index contributed by atoms with van der Waals surface area (Å²) in [5, 5.41) is 11.4. The van der Waals surface area contributed by atoms with Crippen molar-refractivity contribution in [2.75, 3.05) is 5.32 Å². The second-order valence-electron chi connectivity index (χ2n) is 6.68. The van der Waals surface area contributed by atoms with Crippen LogP contribution in [0.3, 0.4) is 0 Å². The van der Waals surface area contributed by atoms with Gasteiger partial charge in [-0.2, -0.15) is 5.26 Å². The van der Waals surface area contributed by atoms with Crippen LogP contribution >= 0.6 is 0 Å². The number of hydrogen-bond acceptors (Lipinski definition) is 4. The number of carbonyl (C=O) groups is 1. The highest BCUT2D eigenvalue weighted by Gasteiger charge is 2.19. The van der Waals surface area contributed by atoms with Crippen LogP contribution in [0.4, 0.5) is 5.69 Å². The molecule has 2 unspecified atom stereocenters. The molecular weight excluding hydrogens is 348 g/mol. The fourth-order valence-electron chi connectivity index (χ4n) is 2.44. The Bertz CT molecular complexity index is 837. The predicted molar refractivity (Wildman–Crippen MR) is 101 cm³/mol. The molecule has 0 saturated heterocycles. The maximum atomic E-state index is 12.2. The van der Waals surface area contributed by atoms with Gasteiger partial charge in [-0.3, -0.25) is 9.00 Å². The van der Waals surface area contributed by atoms with Crippen molar-refractivity contribution in [3.05, 3.63) is 65.2 Å². The van der Waals surface area contributed by atoms with Gasteiger partial charge in [0.1, 0.15) is 0 Å². The number of nitriles is 1. The summed E-state index contributed by atoms with van der Waals surface area (Å²) in [7, 11) is 0. The molecule has 0 fully saturated rings. The number of carbonyl (C=O) groups excluding carboxylic acids is 1. The molecule has 0 saturated carbocycles. The van der Waals surface area contributed by atoms with Crippen LogP contribution in [0.25, 0.3) is 0 Å². The highest BCUT2D eigenvalue weighted by atomic mass is 32.2. The molecule has 2 rings (SSSR count). The average molecular weight is 369 g/mol. The van der Waals surface area contributed by atoms with E-state index in [9.17, 15) is 13.6 Å². The lowest BCUT2D eigenvalue weighted by Gasteiger charge is -2.16. The van der Waals surface area contributed by atoms with E-state index in [0.717, 1.165) is 11.1 Å². The minimum Gasteiger partial charge on any atom is -0.772 e. The van der Waals surface area contributed by atoms with Gasteiger partial charge in [-0.15, -0.1) is 0 Å². The molecule has 1 N–H and O–H groups in total. The van der Waals surface area contributed by atoms with E-state index in [-0.39, 0.29) is 12.3 Å². The normalized spacial score (nSPS) is 13.5. The quantitative estimate of drug-likeness (QED) is 0.787. The smallest absolute Gasteiger partial charge is 0.228 e. The largest absolute Gasteiger partial charge is 0.772 e. The topological polar surface area (TPSA) is 93.0 Å². The van der Waals surface area contributed by atoms with Crippen molar-refractivity contribution >= 4 is 22.7 Å². The third-order valence-corrected chi connectivity index (χ3v) is 5.12. The lowest BCUT2D eigenvalue weighted by molar-refractivity contribution is -0.115. The fraction of sp³-hybridized carbons (Fsp3) is 0.300. The summed E-state index contributed by atoms with van der Waals surface area (Å²) in [5.74, 6) is -0.162. The number of nitrogens with zero attached hydrogens (tertiary/aromatic N) is 1. The Labute approximate surface area is 156 Å². The lowest BCUT2D eigenvalue weighted by Crippen LogP contribution is -2.16. The predicted octanol–water partition coefficient (Wildman–Crippen LogP) is 3.61. The van der Waals surface area contributed by atoms with E-state index in [4.69, 9.17) is 5.26 Å². The van der Waals surface area contributed by atoms with Crippen LogP contribution in [0.1, 0.15) is 42.7 Å². The second-order valence-corrected chi connectivity index (χ2v) is 7.91. The van der Waals surface area contributed by atoms with Gasteiger partial charge in [0, 0.05) is 10.9 Å². The van der Waals surface area contributed by atoms with Crippen molar-refractivity contribution < 1.29 is 13.6 Å². The Morgan fingerprint density at radius 1 is 1.19 bits per heavy atom. The van der Waals surface area contributed by atoms with Crippen LogP contribution in [-0.4, -0.2) is 14.7 Å². The number of benzene rings is 2. The van der Waals surface area contributed by atoms with E-state index >= 15 is 0 Å². The molecule has 2 aromatic rings. The van der Waals surface area contributed by atoms with Crippen LogP contribution in [0, 0.1) is 11.3 Å². The highest BCUT2D eigenvalue weighted by Crippen LogP contribution is 2.23. The van der Waals surface area contributed by atoms with Crippen LogP contribution in [0.5, 0.6) is 0 Å². The van der Waals surface area contributed by atoms with Crippen LogP contribution in [-0.2, 0) is 27.7 Å². The molecule has 0 radical (unpaired) electrons. The molecule has 6 heteroatoms. The molecule has 0 aromatic heterocycles. The van der Waals surface area contributed by atoms with Gasteiger partial charge in [0.15, 0.2) is 0 Å². The van der Waals surface area contributed by atoms with E-state index < -0.39 is 21.7 Å². The molecule has 2 aromatic carbocycles. The van der Waals surface area contributed by atoms with Crippen molar-refractivity contribution in [2.45, 2.75) is 37.9 Å². The summed E-state index contributed by atoms with van der Waals surface area (Å²) in [6.07, 6.45) is 0.195. The molecule has 0 bridgehead atoms. The van der Waals surface area contributed by atoms with Gasteiger partial charge in [0.25, 0.3) is 0 Å². The van der Waals surface area contributed by atoms with E-state index in [1.807, 2.05) is 26.0 Å². The van der Waals surface area contributed by atoms with Crippen LogP contribution in [0.2, 0.25) is 0 Å². The second kappa shape index (κ2) is 8.26. The summed E-state index contributed by atoms with van der Waals surface area (Å²) < 4.78 is 22.0. The van der Waals surface area contributed by atoms with Crippen molar-refractivity contribution in [1.29, 1.82) is 5.26 Å². The zero-order chi connectivity index (χ0) is 19.3. The Kier molecular flexibility index (Phi) is 6.30. The lowest BCUT2D eigenvalue weighted by atomic mass is 9.86. The maximum Gasteiger partial charge on any atom is 0.228 e. The summed E-state index contributed by atoms with van der Waals surface area (Å²) in [6.45, 7) is 5.29. The van der Waals surface area contributed by atoms with Gasteiger partial charge in [0.2, 0.25) is 5.91 Å². The first-order valence-electron chi connectivity index (χ1n) is 8.21. The standard InChI is InChI=1S/C20H22N2O3S/c1-14(26(24)25)16-6-4-15(5-7-16)12-19(23)22-18-10-8-17(9-11-18)20(2,3)13-21/h4-11,14H,12H2,1-3H3,(H,22,23)(H,24,25)/p-1. The minimum atomic E-state index is -2.16. The molecule has 0 spiro atoms. The Hall–Kier alpha value is -2.49. The van der Waals surface area contributed by atoms with Gasteiger partial charge in [-0.1, -0.05) is 36.4 Å². The Balaban J connectivity index is 1.99. The van der Waals surface area contributed by atoms with E-state index in [1.54, 1.807) is 43.3 Å².